The third-order valence-electron chi connectivity index (χ3n) is 2.63. The number of phenolic OH excluding ortho intramolecular Hbond substituents is 1. The number of rotatable bonds is 5. The van der Waals surface area contributed by atoms with Crippen LogP contribution in [0.15, 0.2) is 23.9 Å². The molecule has 1 aromatic rings. The van der Waals surface area contributed by atoms with E-state index >= 15 is 0 Å². The maximum Gasteiger partial charge on any atom is 0.354 e. The molecule has 0 unspecified atom stereocenters. The van der Waals surface area contributed by atoms with Gasteiger partial charge in [0, 0.05) is 6.07 Å². The Labute approximate surface area is 130 Å². The Morgan fingerprint density at radius 1 is 1.13 bits per heavy atom. The van der Waals surface area contributed by atoms with Gasteiger partial charge in [0.2, 0.25) is 0 Å². The van der Waals surface area contributed by atoms with Crippen LogP contribution in [0, 0.1) is 5.82 Å². The fourth-order valence-corrected chi connectivity index (χ4v) is 1.51. The summed E-state index contributed by atoms with van der Waals surface area (Å²) in [5.74, 6) is -4.42. The second-order valence-electron chi connectivity index (χ2n) is 4.04. The second-order valence-corrected chi connectivity index (χ2v) is 4.04. The van der Waals surface area contributed by atoms with Crippen LogP contribution in [0.25, 0.3) is 0 Å². The van der Waals surface area contributed by atoms with Crippen LogP contribution in [0.5, 0.6) is 5.75 Å². The molecule has 0 saturated carbocycles. The van der Waals surface area contributed by atoms with Gasteiger partial charge in [-0.05, 0) is 6.07 Å². The SMILES string of the molecule is COC(=O)/C=C(/Nc1cc(C(=O)OC)c(F)cc1O)C(=O)OC. The summed E-state index contributed by atoms with van der Waals surface area (Å²) in [6, 6.07) is 1.58. The lowest BCUT2D eigenvalue weighted by Gasteiger charge is -2.12. The number of carbonyl (C=O) groups excluding carboxylic acids is 3. The Balaban J connectivity index is 3.28. The van der Waals surface area contributed by atoms with Gasteiger partial charge >= 0.3 is 17.9 Å². The monoisotopic (exact) mass is 327 g/mol. The Kier molecular flexibility index (Phi) is 6.07. The van der Waals surface area contributed by atoms with E-state index in [0.717, 1.165) is 33.5 Å². The number of anilines is 1. The Morgan fingerprint density at radius 2 is 1.78 bits per heavy atom. The maximum atomic E-state index is 13.6. The van der Waals surface area contributed by atoms with Crippen LogP contribution in [0.1, 0.15) is 10.4 Å². The molecule has 8 nitrogen and oxygen atoms in total. The van der Waals surface area contributed by atoms with Gasteiger partial charge in [-0.15, -0.1) is 0 Å². The highest BCUT2D eigenvalue weighted by Crippen LogP contribution is 2.28. The van der Waals surface area contributed by atoms with Gasteiger partial charge < -0.3 is 24.6 Å². The molecule has 124 valence electrons. The summed E-state index contributed by atoms with van der Waals surface area (Å²) >= 11 is 0. The second kappa shape index (κ2) is 7.78. The van der Waals surface area contributed by atoms with Crippen LogP contribution in [-0.2, 0) is 23.8 Å². The highest BCUT2D eigenvalue weighted by atomic mass is 19.1. The molecule has 2 N–H and O–H groups in total. The molecule has 0 aliphatic heterocycles. The molecule has 0 aromatic heterocycles. The average Bonchev–Trinajstić information content (AvgIpc) is 2.54. The molecule has 0 amide bonds. The van der Waals surface area contributed by atoms with Crippen molar-refractivity contribution in [1.29, 1.82) is 0 Å². The standard InChI is InChI=1S/C14H14FNO7/c1-21-12(18)6-10(14(20)23-3)16-9-4-7(13(19)22-2)8(15)5-11(9)17/h4-6,16-17H,1-3H3/b10-6+. The van der Waals surface area contributed by atoms with Gasteiger partial charge in [0.25, 0.3) is 0 Å². The molecule has 0 aliphatic carbocycles. The number of nitrogens with one attached hydrogen (secondary N) is 1. The minimum Gasteiger partial charge on any atom is -0.506 e. The zero-order valence-corrected chi connectivity index (χ0v) is 12.5. The van der Waals surface area contributed by atoms with Crippen LogP contribution in [0.2, 0.25) is 0 Å². The quantitative estimate of drug-likeness (QED) is 0.356. The number of methoxy groups -OCH3 is 3. The van der Waals surface area contributed by atoms with Crippen molar-refractivity contribution >= 4 is 23.6 Å². The molecule has 0 heterocycles. The number of halogens is 1. The number of benzene rings is 1. The van der Waals surface area contributed by atoms with Crippen LogP contribution >= 0.6 is 0 Å². The summed E-state index contributed by atoms with van der Waals surface area (Å²) in [6.07, 6.45) is 0.770. The van der Waals surface area contributed by atoms with Crippen LogP contribution < -0.4 is 5.32 Å². The van der Waals surface area contributed by atoms with Gasteiger partial charge in [0.15, 0.2) is 0 Å². The van der Waals surface area contributed by atoms with E-state index in [4.69, 9.17) is 0 Å². The summed E-state index contributed by atoms with van der Waals surface area (Å²) in [4.78, 5) is 34.3. The molecule has 0 spiro atoms. The molecule has 1 aromatic carbocycles. The van der Waals surface area contributed by atoms with Crippen molar-refractivity contribution in [3.05, 3.63) is 35.3 Å². The van der Waals surface area contributed by atoms with Gasteiger partial charge in [-0.25, -0.2) is 18.8 Å². The van der Waals surface area contributed by atoms with Crippen molar-refractivity contribution in [2.75, 3.05) is 26.6 Å². The van der Waals surface area contributed by atoms with Gasteiger partial charge in [0.05, 0.1) is 38.7 Å². The van der Waals surface area contributed by atoms with Crippen LogP contribution in [0.4, 0.5) is 10.1 Å². The maximum absolute atomic E-state index is 13.6. The van der Waals surface area contributed by atoms with Crippen molar-refractivity contribution < 1.29 is 38.1 Å². The minimum atomic E-state index is -1.02. The third-order valence-corrected chi connectivity index (χ3v) is 2.63. The van der Waals surface area contributed by atoms with E-state index < -0.39 is 40.7 Å². The summed E-state index contributed by atoms with van der Waals surface area (Å²) in [5, 5.41) is 12.1. The van der Waals surface area contributed by atoms with Crippen molar-refractivity contribution in [3.8, 4) is 5.75 Å². The van der Waals surface area contributed by atoms with E-state index in [1.54, 1.807) is 0 Å². The molecule has 23 heavy (non-hydrogen) atoms. The molecule has 0 aliphatic rings. The smallest absolute Gasteiger partial charge is 0.354 e. The van der Waals surface area contributed by atoms with Crippen LogP contribution in [-0.4, -0.2) is 44.3 Å². The van der Waals surface area contributed by atoms with Crippen molar-refractivity contribution in [3.63, 3.8) is 0 Å². The largest absolute Gasteiger partial charge is 0.506 e. The summed E-state index contributed by atoms with van der Waals surface area (Å²) in [5.41, 5.74) is -1.08. The molecule has 0 saturated heterocycles. The topological polar surface area (TPSA) is 111 Å². The van der Waals surface area contributed by atoms with Crippen molar-refractivity contribution in [1.82, 2.24) is 0 Å². The highest BCUT2D eigenvalue weighted by Gasteiger charge is 2.19. The Bertz CT molecular complexity index is 669. The molecule has 0 radical (unpaired) electrons. The molecular formula is C14H14FNO7. The fourth-order valence-electron chi connectivity index (χ4n) is 1.51. The van der Waals surface area contributed by atoms with E-state index in [-0.39, 0.29) is 5.69 Å². The van der Waals surface area contributed by atoms with Gasteiger partial charge in [-0.1, -0.05) is 0 Å². The molecule has 9 heteroatoms. The number of aromatic hydroxyl groups is 1. The lowest BCUT2D eigenvalue weighted by atomic mass is 10.1. The average molecular weight is 327 g/mol. The van der Waals surface area contributed by atoms with E-state index in [2.05, 4.69) is 19.5 Å². The fraction of sp³-hybridized carbons (Fsp3) is 0.214. The first kappa shape index (κ1) is 18.0. The summed E-state index contributed by atoms with van der Waals surface area (Å²) in [7, 11) is 3.22. The van der Waals surface area contributed by atoms with E-state index in [1.165, 1.54) is 0 Å². The first-order valence-electron chi connectivity index (χ1n) is 6.09. The third kappa shape index (κ3) is 4.43. The van der Waals surface area contributed by atoms with E-state index in [0.29, 0.717) is 6.07 Å². The number of hydrogen-bond acceptors (Lipinski definition) is 8. The van der Waals surface area contributed by atoms with E-state index in [9.17, 15) is 23.9 Å². The number of hydrogen-bond donors (Lipinski definition) is 2. The predicted molar refractivity (Wildman–Crippen MR) is 75.1 cm³/mol. The molecule has 0 atom stereocenters. The molecule has 1 rings (SSSR count). The first-order chi connectivity index (χ1) is 10.8. The number of esters is 3. The zero-order valence-electron chi connectivity index (χ0n) is 12.5. The zero-order chi connectivity index (χ0) is 17.6. The van der Waals surface area contributed by atoms with Crippen LogP contribution in [0.3, 0.4) is 0 Å². The molecule has 0 fully saturated rings. The minimum absolute atomic E-state index is 0.215. The lowest BCUT2D eigenvalue weighted by Crippen LogP contribution is -2.16. The number of phenols is 1. The molecule has 0 bridgehead atoms. The van der Waals surface area contributed by atoms with E-state index in [1.807, 2.05) is 0 Å². The van der Waals surface area contributed by atoms with Gasteiger partial charge in [0.1, 0.15) is 17.3 Å². The molecular weight excluding hydrogens is 313 g/mol. The first-order valence-corrected chi connectivity index (χ1v) is 6.09. The Morgan fingerprint density at radius 3 is 2.30 bits per heavy atom. The van der Waals surface area contributed by atoms with Gasteiger partial charge in [-0.2, -0.15) is 0 Å². The number of carbonyl (C=O) groups is 3. The summed E-state index contributed by atoms with van der Waals surface area (Å²) in [6.45, 7) is 0. The Hall–Kier alpha value is -3.10. The van der Waals surface area contributed by atoms with Gasteiger partial charge in [-0.3, -0.25) is 0 Å². The lowest BCUT2D eigenvalue weighted by molar-refractivity contribution is -0.138. The van der Waals surface area contributed by atoms with Crippen molar-refractivity contribution in [2.45, 2.75) is 0 Å². The van der Waals surface area contributed by atoms with Crippen molar-refractivity contribution in [2.24, 2.45) is 0 Å². The predicted octanol–water partition coefficient (Wildman–Crippen LogP) is 0.960. The summed E-state index contributed by atoms with van der Waals surface area (Å²) < 4.78 is 26.9. The highest BCUT2D eigenvalue weighted by molar-refractivity contribution is 5.99. The number of ether oxygens (including phenoxy) is 3. The normalized spacial score (nSPS) is 10.7.